The topological polar surface area (TPSA) is 12.4 Å². The average Bonchev–Trinajstić information content (AvgIpc) is 1.65. The molecule has 0 bridgehead atoms. The predicted octanol–water partition coefficient (Wildman–Crippen LogP) is 2.37. The average molecular weight is 115 g/mol. The lowest BCUT2D eigenvalue weighted by Gasteiger charge is -1.98. The molecule has 0 aliphatic rings. The first kappa shape index (κ1) is 10.6. The van der Waals surface area contributed by atoms with Crippen molar-refractivity contribution in [2.75, 3.05) is 7.05 Å². The van der Waals surface area contributed by atoms with Gasteiger partial charge < -0.3 is 0 Å². The molecule has 0 N–H and O–H groups in total. The second-order valence-electron chi connectivity index (χ2n) is 2.02. The molecule has 0 aromatic carbocycles. The van der Waals surface area contributed by atoms with E-state index in [9.17, 15) is 0 Å². The van der Waals surface area contributed by atoms with Crippen LogP contribution < -0.4 is 0 Å². The third-order valence-corrected chi connectivity index (χ3v) is 1.19. The third-order valence-electron chi connectivity index (χ3n) is 1.19. The van der Waals surface area contributed by atoms with Gasteiger partial charge in [-0.05, 0) is 12.8 Å². The summed E-state index contributed by atoms with van der Waals surface area (Å²) in [6.07, 6.45) is 0. The first-order chi connectivity index (χ1) is 3.18. The highest BCUT2D eigenvalue weighted by molar-refractivity contribution is 5.83. The van der Waals surface area contributed by atoms with Crippen LogP contribution in [0, 0.1) is 5.92 Å². The van der Waals surface area contributed by atoms with Gasteiger partial charge >= 0.3 is 0 Å². The molecule has 0 saturated carbocycles. The second kappa shape index (κ2) is 4.82. The van der Waals surface area contributed by atoms with E-state index in [0.717, 1.165) is 0 Å². The van der Waals surface area contributed by atoms with Gasteiger partial charge in [-0.25, -0.2) is 0 Å². The molecule has 1 nitrogen and oxygen atoms in total. The van der Waals surface area contributed by atoms with Gasteiger partial charge in [0, 0.05) is 12.8 Å². The maximum atomic E-state index is 4.00. The minimum atomic E-state index is 0. The molecule has 0 aromatic rings. The summed E-state index contributed by atoms with van der Waals surface area (Å²) < 4.78 is 0. The van der Waals surface area contributed by atoms with E-state index in [1.54, 1.807) is 0 Å². The number of nitrogens with zero attached hydrogens (tertiary/aromatic N) is 1. The molecule has 0 rings (SSSR count). The summed E-state index contributed by atoms with van der Waals surface area (Å²) in [6.45, 7) is 6.33. The molecule has 0 aliphatic carbocycles. The maximum absolute atomic E-state index is 4.00. The van der Waals surface area contributed by atoms with E-state index < -0.39 is 0 Å². The zero-order chi connectivity index (χ0) is 5.86. The van der Waals surface area contributed by atoms with E-state index in [1.165, 1.54) is 5.71 Å². The summed E-state index contributed by atoms with van der Waals surface area (Å²) >= 11 is 0. The van der Waals surface area contributed by atoms with Gasteiger partial charge in [0.15, 0.2) is 0 Å². The molecular weight excluding hydrogens is 98.1 g/mol. The fourth-order valence-corrected chi connectivity index (χ4v) is 0.258. The van der Waals surface area contributed by atoms with Gasteiger partial charge in [0.25, 0.3) is 0 Å². The van der Waals surface area contributed by atoms with Crippen LogP contribution in [0.5, 0.6) is 0 Å². The van der Waals surface area contributed by atoms with Crippen LogP contribution >= 0.6 is 0 Å². The second-order valence-corrected chi connectivity index (χ2v) is 2.02. The Balaban J connectivity index is 0. The molecule has 50 valence electrons. The summed E-state index contributed by atoms with van der Waals surface area (Å²) in [5, 5.41) is 0. The van der Waals surface area contributed by atoms with Crippen molar-refractivity contribution in [2.24, 2.45) is 10.9 Å². The Hall–Kier alpha value is -0.330. The molecule has 0 unspecified atom stereocenters. The molecule has 0 radical (unpaired) electrons. The molecule has 0 fully saturated rings. The SMILES string of the molecule is C.CN=C(C)C(C)C. The van der Waals surface area contributed by atoms with E-state index in [2.05, 4.69) is 18.8 Å². The molecule has 8 heavy (non-hydrogen) atoms. The van der Waals surface area contributed by atoms with Crippen LogP contribution in [0.15, 0.2) is 4.99 Å². The lowest BCUT2D eigenvalue weighted by Crippen LogP contribution is -1.99. The van der Waals surface area contributed by atoms with Crippen LogP contribution in [0.25, 0.3) is 0 Å². The Morgan fingerprint density at radius 3 is 1.75 bits per heavy atom. The van der Waals surface area contributed by atoms with Crippen LogP contribution in [0.2, 0.25) is 0 Å². The van der Waals surface area contributed by atoms with Crippen molar-refractivity contribution in [3.63, 3.8) is 0 Å². The first-order valence-corrected chi connectivity index (χ1v) is 2.61. The zero-order valence-corrected chi connectivity index (χ0v) is 5.52. The summed E-state index contributed by atoms with van der Waals surface area (Å²) in [5.41, 5.74) is 1.22. The molecule has 0 amide bonds. The van der Waals surface area contributed by atoms with Crippen molar-refractivity contribution in [3.05, 3.63) is 0 Å². The van der Waals surface area contributed by atoms with Crippen LogP contribution in [-0.4, -0.2) is 12.8 Å². The van der Waals surface area contributed by atoms with Crippen molar-refractivity contribution in [1.29, 1.82) is 0 Å². The Kier molecular flexibility index (Phi) is 6.39. The normalized spacial score (nSPS) is 11.4. The number of rotatable bonds is 1. The molecule has 0 aromatic heterocycles. The van der Waals surface area contributed by atoms with Crippen molar-refractivity contribution in [2.45, 2.75) is 28.2 Å². The fourth-order valence-electron chi connectivity index (χ4n) is 0.258. The number of hydrogen-bond acceptors (Lipinski definition) is 1. The molecule has 0 atom stereocenters. The van der Waals surface area contributed by atoms with Gasteiger partial charge in [-0.2, -0.15) is 0 Å². The standard InChI is InChI=1S/C6H13N.CH4/c1-5(2)6(3)7-4;/h5H,1-4H3;1H4. The zero-order valence-electron chi connectivity index (χ0n) is 5.52. The van der Waals surface area contributed by atoms with Gasteiger partial charge in [-0.3, -0.25) is 4.99 Å². The highest BCUT2D eigenvalue weighted by atomic mass is 14.7. The highest BCUT2D eigenvalue weighted by Gasteiger charge is 1.92. The van der Waals surface area contributed by atoms with E-state index in [4.69, 9.17) is 0 Å². The molecule has 1 heteroatoms. The minimum absolute atomic E-state index is 0. The quantitative estimate of drug-likeness (QED) is 0.465. The summed E-state index contributed by atoms with van der Waals surface area (Å²) in [7, 11) is 1.83. The Bertz CT molecular complexity index is 72.5. The monoisotopic (exact) mass is 115 g/mol. The smallest absolute Gasteiger partial charge is 0.0276 e. The van der Waals surface area contributed by atoms with Crippen LogP contribution in [0.1, 0.15) is 28.2 Å². The van der Waals surface area contributed by atoms with E-state index >= 15 is 0 Å². The Morgan fingerprint density at radius 2 is 1.75 bits per heavy atom. The van der Waals surface area contributed by atoms with Crippen molar-refractivity contribution >= 4 is 5.71 Å². The van der Waals surface area contributed by atoms with Gasteiger partial charge in [0.05, 0.1) is 0 Å². The number of aliphatic imine (C=N–C) groups is 1. The Morgan fingerprint density at radius 1 is 1.38 bits per heavy atom. The first-order valence-electron chi connectivity index (χ1n) is 2.61. The van der Waals surface area contributed by atoms with Crippen LogP contribution in [0.3, 0.4) is 0 Å². The molecule has 0 spiro atoms. The van der Waals surface area contributed by atoms with Gasteiger partial charge in [0.1, 0.15) is 0 Å². The predicted molar refractivity (Wildman–Crippen MR) is 40.6 cm³/mol. The fraction of sp³-hybridized carbons (Fsp3) is 0.857. The van der Waals surface area contributed by atoms with Crippen LogP contribution in [0.4, 0.5) is 0 Å². The Labute approximate surface area is 52.8 Å². The largest absolute Gasteiger partial charge is 0.297 e. The van der Waals surface area contributed by atoms with E-state index in [0.29, 0.717) is 5.92 Å². The van der Waals surface area contributed by atoms with E-state index in [1.807, 2.05) is 14.0 Å². The van der Waals surface area contributed by atoms with Crippen LogP contribution in [-0.2, 0) is 0 Å². The molecule has 0 aliphatic heterocycles. The molecule has 0 heterocycles. The molecule has 0 saturated heterocycles. The molecular formula is C7H17N. The van der Waals surface area contributed by atoms with Gasteiger partial charge in [0.2, 0.25) is 0 Å². The number of hydrogen-bond donors (Lipinski definition) is 0. The van der Waals surface area contributed by atoms with Gasteiger partial charge in [-0.15, -0.1) is 0 Å². The van der Waals surface area contributed by atoms with Crippen molar-refractivity contribution in [1.82, 2.24) is 0 Å². The van der Waals surface area contributed by atoms with E-state index in [-0.39, 0.29) is 7.43 Å². The lowest BCUT2D eigenvalue weighted by atomic mass is 10.1. The summed E-state index contributed by atoms with van der Waals surface area (Å²) in [6, 6.07) is 0. The lowest BCUT2D eigenvalue weighted by molar-refractivity contribution is 0.875. The summed E-state index contributed by atoms with van der Waals surface area (Å²) in [5.74, 6) is 0.616. The third kappa shape index (κ3) is 3.85. The maximum Gasteiger partial charge on any atom is 0.0276 e. The van der Waals surface area contributed by atoms with Crippen molar-refractivity contribution in [3.8, 4) is 0 Å². The van der Waals surface area contributed by atoms with Gasteiger partial charge in [-0.1, -0.05) is 21.3 Å². The summed E-state index contributed by atoms with van der Waals surface area (Å²) in [4.78, 5) is 4.00. The van der Waals surface area contributed by atoms with Crippen molar-refractivity contribution < 1.29 is 0 Å². The highest BCUT2D eigenvalue weighted by Crippen LogP contribution is 1.93. The minimum Gasteiger partial charge on any atom is -0.297 e.